The largest absolute Gasteiger partial charge is 0.336 e. The van der Waals surface area contributed by atoms with Crippen molar-refractivity contribution in [3.05, 3.63) is 57.8 Å². The van der Waals surface area contributed by atoms with Crippen LogP contribution in [0.15, 0.2) is 40.5 Å². The van der Waals surface area contributed by atoms with Gasteiger partial charge in [-0.2, -0.15) is 0 Å². The van der Waals surface area contributed by atoms with Gasteiger partial charge in [-0.25, -0.2) is 9.61 Å². The lowest BCUT2D eigenvalue weighted by Crippen LogP contribution is -2.52. The molecule has 9 nitrogen and oxygen atoms in total. The van der Waals surface area contributed by atoms with E-state index in [-0.39, 0.29) is 24.3 Å². The Hall–Kier alpha value is -3.11. The van der Waals surface area contributed by atoms with Crippen LogP contribution in [-0.4, -0.2) is 62.1 Å². The monoisotopic (exact) mass is 508 g/mol. The number of thiazole rings is 1. The third kappa shape index (κ3) is 5.34. The minimum atomic E-state index is -0.0199. The van der Waals surface area contributed by atoms with E-state index in [4.69, 9.17) is 4.63 Å². The Morgan fingerprint density at radius 1 is 1.14 bits per heavy atom. The van der Waals surface area contributed by atoms with Crippen LogP contribution in [0.2, 0.25) is 0 Å². The SMILES string of the molecule is CC(=O)N1CCC2CCCC(CN(C(=O)Cc3nonc3C)Cc3ccccc31)N2Cc1nccs1. The van der Waals surface area contributed by atoms with Crippen LogP contribution >= 0.6 is 11.3 Å². The third-order valence-electron chi connectivity index (χ3n) is 7.37. The summed E-state index contributed by atoms with van der Waals surface area (Å²) in [6.07, 6.45) is 6.07. The number of rotatable bonds is 4. The Balaban J connectivity index is 1.52. The summed E-state index contributed by atoms with van der Waals surface area (Å²) in [6.45, 7) is 5.86. The van der Waals surface area contributed by atoms with Crippen molar-refractivity contribution in [3.8, 4) is 0 Å². The molecule has 2 amide bonds. The highest BCUT2D eigenvalue weighted by molar-refractivity contribution is 7.09. The summed E-state index contributed by atoms with van der Waals surface area (Å²) in [4.78, 5) is 37.3. The minimum Gasteiger partial charge on any atom is -0.336 e. The lowest BCUT2D eigenvalue weighted by molar-refractivity contribution is -0.132. The van der Waals surface area contributed by atoms with E-state index >= 15 is 0 Å². The highest BCUT2D eigenvalue weighted by atomic mass is 32.1. The standard InChI is InChI=1S/C26H32N6O3S/c1-18-23(29-35-28-18)14-26(34)30-15-20-6-3-4-9-24(20)31(19(2)33)12-10-21-7-5-8-22(16-30)32(21)17-25-27-11-13-36-25/h3-4,6,9,11,13,21-22H,5,7-8,10,12,14-17H2,1-2H3. The first kappa shape index (κ1) is 24.6. The van der Waals surface area contributed by atoms with Gasteiger partial charge in [0.2, 0.25) is 11.8 Å². The number of para-hydroxylation sites is 1. The molecule has 2 bridgehead atoms. The van der Waals surface area contributed by atoms with E-state index in [0.29, 0.717) is 37.1 Å². The third-order valence-corrected chi connectivity index (χ3v) is 8.14. The number of fused-ring (bicyclic) bond motifs is 3. The Bertz CT molecular complexity index is 1200. The van der Waals surface area contributed by atoms with E-state index in [1.165, 1.54) is 0 Å². The van der Waals surface area contributed by atoms with Gasteiger partial charge in [-0.05, 0) is 37.8 Å². The molecule has 4 heterocycles. The van der Waals surface area contributed by atoms with E-state index in [1.54, 1.807) is 25.2 Å². The van der Waals surface area contributed by atoms with E-state index in [0.717, 1.165) is 48.5 Å². The lowest BCUT2D eigenvalue weighted by Gasteiger charge is -2.43. The first-order valence-corrected chi connectivity index (χ1v) is 13.4. The molecule has 190 valence electrons. The second kappa shape index (κ2) is 10.9. The summed E-state index contributed by atoms with van der Waals surface area (Å²) >= 11 is 1.66. The maximum atomic E-state index is 13.7. The highest BCUT2D eigenvalue weighted by Gasteiger charge is 2.35. The molecule has 1 saturated heterocycles. The van der Waals surface area contributed by atoms with Gasteiger partial charge in [-0.1, -0.05) is 34.9 Å². The predicted octanol–water partition coefficient (Wildman–Crippen LogP) is 3.59. The number of hydrogen-bond acceptors (Lipinski definition) is 8. The number of amides is 2. The summed E-state index contributed by atoms with van der Waals surface area (Å²) in [6, 6.07) is 8.47. The van der Waals surface area contributed by atoms with Crippen molar-refractivity contribution in [2.45, 2.75) is 71.1 Å². The number of benzene rings is 1. The molecule has 10 heteroatoms. The fourth-order valence-corrected chi connectivity index (χ4v) is 6.11. The molecular formula is C26H32N6O3S. The molecule has 1 aromatic carbocycles. The lowest BCUT2D eigenvalue weighted by atomic mass is 9.92. The van der Waals surface area contributed by atoms with Gasteiger partial charge in [-0.15, -0.1) is 11.3 Å². The second-order valence-corrected chi connectivity index (χ2v) is 10.7. The van der Waals surface area contributed by atoms with Crippen molar-refractivity contribution in [1.29, 1.82) is 0 Å². The Kier molecular flexibility index (Phi) is 7.43. The number of hydrogen-bond donors (Lipinski definition) is 0. The summed E-state index contributed by atoms with van der Waals surface area (Å²) in [5.41, 5.74) is 3.05. The van der Waals surface area contributed by atoms with Gasteiger partial charge in [0, 0.05) is 55.9 Å². The van der Waals surface area contributed by atoms with E-state index in [2.05, 4.69) is 20.2 Å². The van der Waals surface area contributed by atoms with Crippen molar-refractivity contribution in [2.75, 3.05) is 18.0 Å². The molecule has 36 heavy (non-hydrogen) atoms. The molecule has 0 spiro atoms. The number of nitrogens with zero attached hydrogens (tertiary/aromatic N) is 6. The number of piperidine rings is 1. The molecule has 0 radical (unpaired) electrons. The number of aryl methyl sites for hydroxylation is 1. The van der Waals surface area contributed by atoms with Crippen LogP contribution in [0.25, 0.3) is 0 Å². The van der Waals surface area contributed by atoms with Crippen LogP contribution in [-0.2, 0) is 29.1 Å². The average Bonchev–Trinajstić information content (AvgIpc) is 3.52. The van der Waals surface area contributed by atoms with Gasteiger partial charge in [0.1, 0.15) is 16.4 Å². The fourth-order valence-electron chi connectivity index (χ4n) is 5.48. The summed E-state index contributed by atoms with van der Waals surface area (Å²) in [7, 11) is 0. The van der Waals surface area contributed by atoms with Gasteiger partial charge < -0.3 is 9.80 Å². The second-order valence-electron chi connectivity index (χ2n) is 9.67. The zero-order valence-electron chi connectivity index (χ0n) is 20.8. The van der Waals surface area contributed by atoms with Crippen LogP contribution < -0.4 is 4.90 Å². The summed E-state index contributed by atoms with van der Waals surface area (Å²) < 4.78 is 4.84. The van der Waals surface area contributed by atoms with E-state index < -0.39 is 0 Å². The van der Waals surface area contributed by atoms with Crippen LogP contribution in [0.3, 0.4) is 0 Å². The molecule has 0 N–H and O–H groups in total. The van der Waals surface area contributed by atoms with Gasteiger partial charge in [0.05, 0.1) is 13.0 Å². The van der Waals surface area contributed by atoms with Crippen LogP contribution in [0.1, 0.15) is 54.6 Å². The van der Waals surface area contributed by atoms with Crippen LogP contribution in [0, 0.1) is 6.92 Å². The normalized spacial score (nSPS) is 21.1. The average molecular weight is 509 g/mol. The van der Waals surface area contributed by atoms with Gasteiger partial charge in [0.25, 0.3) is 0 Å². The van der Waals surface area contributed by atoms with E-state index in [1.807, 2.05) is 45.6 Å². The molecule has 0 saturated carbocycles. The summed E-state index contributed by atoms with van der Waals surface area (Å²) in [5.74, 6) is -0.00347. The van der Waals surface area contributed by atoms with Gasteiger partial charge in [-0.3, -0.25) is 14.5 Å². The number of anilines is 1. The highest BCUT2D eigenvalue weighted by Crippen LogP contribution is 2.32. The molecule has 2 aliphatic rings. The maximum Gasteiger partial charge on any atom is 0.229 e. The molecular weight excluding hydrogens is 476 g/mol. The Morgan fingerprint density at radius 3 is 2.72 bits per heavy atom. The molecule has 2 aliphatic heterocycles. The molecule has 1 fully saturated rings. The Morgan fingerprint density at radius 2 is 1.97 bits per heavy atom. The van der Waals surface area contributed by atoms with Crippen molar-refractivity contribution in [1.82, 2.24) is 25.1 Å². The molecule has 3 aromatic rings. The zero-order chi connectivity index (χ0) is 25.1. The maximum absolute atomic E-state index is 13.7. The van der Waals surface area contributed by atoms with Gasteiger partial charge >= 0.3 is 0 Å². The first-order chi connectivity index (χ1) is 17.5. The Labute approximate surface area is 215 Å². The van der Waals surface area contributed by atoms with E-state index in [9.17, 15) is 9.59 Å². The van der Waals surface area contributed by atoms with Crippen molar-refractivity contribution < 1.29 is 14.2 Å². The molecule has 2 unspecified atom stereocenters. The van der Waals surface area contributed by atoms with Crippen LogP contribution in [0.5, 0.6) is 0 Å². The number of carbonyl (C=O) groups excluding carboxylic acids is 2. The molecule has 5 rings (SSSR count). The molecule has 0 aliphatic carbocycles. The first-order valence-electron chi connectivity index (χ1n) is 12.6. The predicted molar refractivity (Wildman–Crippen MR) is 136 cm³/mol. The van der Waals surface area contributed by atoms with Crippen molar-refractivity contribution >= 4 is 28.8 Å². The summed E-state index contributed by atoms with van der Waals surface area (Å²) in [5, 5.41) is 10.9. The van der Waals surface area contributed by atoms with Crippen molar-refractivity contribution in [3.63, 3.8) is 0 Å². The fraction of sp³-hybridized carbons (Fsp3) is 0.500. The van der Waals surface area contributed by atoms with Gasteiger partial charge in [0.15, 0.2) is 0 Å². The minimum absolute atomic E-state index is 0.0164. The van der Waals surface area contributed by atoms with Crippen molar-refractivity contribution in [2.24, 2.45) is 0 Å². The quantitative estimate of drug-likeness (QED) is 0.531. The zero-order valence-corrected chi connectivity index (χ0v) is 21.6. The smallest absolute Gasteiger partial charge is 0.229 e. The topological polar surface area (TPSA) is 95.7 Å². The number of aromatic nitrogens is 3. The van der Waals surface area contributed by atoms with Crippen LogP contribution in [0.4, 0.5) is 5.69 Å². The molecule has 2 aromatic heterocycles. The number of carbonyl (C=O) groups is 2. The molecule has 2 atom stereocenters.